The number of nitriles is 2. The van der Waals surface area contributed by atoms with Crippen molar-refractivity contribution in [1.82, 2.24) is 14.8 Å². The zero-order valence-electron chi connectivity index (χ0n) is 20.3. The minimum atomic E-state index is -2.62. The molecule has 11 heteroatoms. The molecule has 2 N–H and O–H groups in total. The molecule has 3 rings (SSSR count). The molecule has 0 unspecified atom stereocenters. The number of benzene rings is 1. The fourth-order valence-electron chi connectivity index (χ4n) is 3.86. The van der Waals surface area contributed by atoms with Gasteiger partial charge in [-0.15, -0.1) is 0 Å². The molecule has 37 heavy (non-hydrogen) atoms. The molecule has 1 fully saturated rings. The van der Waals surface area contributed by atoms with E-state index in [-0.39, 0.29) is 39.8 Å². The van der Waals surface area contributed by atoms with E-state index in [9.17, 15) is 23.6 Å². The number of nitrogens with one attached hydrogen (secondary N) is 2. The summed E-state index contributed by atoms with van der Waals surface area (Å²) in [5, 5.41) is 23.2. The lowest BCUT2D eigenvalue weighted by molar-refractivity contribution is -0.116. The number of nitrogens with zero attached hydrogens (tertiary/aromatic N) is 4. The van der Waals surface area contributed by atoms with Gasteiger partial charge in [0.2, 0.25) is 0 Å². The Balaban J connectivity index is 1.80. The van der Waals surface area contributed by atoms with Gasteiger partial charge in [-0.05, 0) is 44.0 Å². The van der Waals surface area contributed by atoms with Crippen LogP contribution in [0.15, 0.2) is 40.8 Å². The van der Waals surface area contributed by atoms with Crippen molar-refractivity contribution in [3.63, 3.8) is 0 Å². The van der Waals surface area contributed by atoms with Gasteiger partial charge in [0.05, 0.1) is 12.6 Å². The number of halogens is 2. The lowest BCUT2D eigenvalue weighted by Gasteiger charge is -2.32. The summed E-state index contributed by atoms with van der Waals surface area (Å²) in [6, 6.07) is 11.1. The van der Waals surface area contributed by atoms with E-state index < -0.39 is 11.8 Å². The first-order chi connectivity index (χ1) is 17.8. The second kappa shape index (κ2) is 12.8. The molecule has 0 spiro atoms. The van der Waals surface area contributed by atoms with Gasteiger partial charge in [-0.1, -0.05) is 34.9 Å². The number of carbonyl (C=O) groups excluding carboxylic acids is 1. The smallest absolute Gasteiger partial charge is 0.277 e. The molecule has 1 saturated heterocycles. The Morgan fingerprint density at radius 2 is 2.14 bits per heavy atom. The van der Waals surface area contributed by atoms with Crippen LogP contribution in [0.5, 0.6) is 0 Å². The first-order valence-electron chi connectivity index (χ1n) is 11.7. The number of anilines is 1. The summed E-state index contributed by atoms with van der Waals surface area (Å²) in [5.74, 6) is -3.36. The zero-order chi connectivity index (χ0) is 26.8. The second-order valence-corrected chi connectivity index (χ2v) is 9.36. The van der Waals surface area contributed by atoms with Gasteiger partial charge in [-0.3, -0.25) is 19.1 Å². The number of carbonyl (C=O) groups is 1. The van der Waals surface area contributed by atoms with E-state index in [0.29, 0.717) is 32.5 Å². The van der Waals surface area contributed by atoms with Gasteiger partial charge in [-0.2, -0.15) is 10.5 Å². The Morgan fingerprint density at radius 1 is 1.32 bits per heavy atom. The molecule has 0 saturated carbocycles. The SMILES string of the molecule is CCn1c(=C=C(C#N)C(=O)NCC#N)sc(=C=CNc2cccc(CCN3CCCC(F)(F)C3)c2)c1=O. The normalized spacial score (nSPS) is 14.4. The molecule has 2 aromatic rings. The summed E-state index contributed by atoms with van der Waals surface area (Å²) in [6.07, 6.45) is 2.58. The number of alkyl halides is 2. The van der Waals surface area contributed by atoms with Crippen LogP contribution in [0.1, 0.15) is 25.3 Å². The Kier molecular flexibility index (Phi) is 9.57. The van der Waals surface area contributed by atoms with Gasteiger partial charge in [-0.25, -0.2) is 8.78 Å². The summed E-state index contributed by atoms with van der Waals surface area (Å²) in [7, 11) is 0. The highest BCUT2D eigenvalue weighted by atomic mass is 32.1. The van der Waals surface area contributed by atoms with Crippen molar-refractivity contribution < 1.29 is 13.6 Å². The van der Waals surface area contributed by atoms with Gasteiger partial charge in [0, 0.05) is 31.4 Å². The molecule has 1 amide bonds. The lowest BCUT2D eigenvalue weighted by Crippen LogP contribution is -2.43. The third-order valence-corrected chi connectivity index (χ3v) is 6.67. The monoisotopic (exact) mass is 524 g/mol. The van der Waals surface area contributed by atoms with Crippen molar-refractivity contribution in [3.8, 4) is 12.1 Å². The molecule has 1 aliphatic heterocycles. The van der Waals surface area contributed by atoms with Gasteiger partial charge in [0.1, 0.15) is 21.8 Å². The molecule has 0 aliphatic carbocycles. The Bertz CT molecular complexity index is 1480. The van der Waals surface area contributed by atoms with Crippen molar-refractivity contribution in [2.45, 2.75) is 38.7 Å². The molecular formula is C26H26F2N6O2S. The Hall–Kier alpha value is -3.98. The summed E-state index contributed by atoms with van der Waals surface area (Å²) in [5.41, 5.74) is 6.66. The number of aromatic nitrogens is 1. The minimum Gasteiger partial charge on any atom is -0.355 e. The van der Waals surface area contributed by atoms with Crippen molar-refractivity contribution in [2.24, 2.45) is 0 Å². The standard InChI is InChI=1S/C26H26F2N6O2S/c1-2-34-23(16-20(17-30)24(35)32-12-10-29)37-22(25(34)36)7-11-31-21-6-3-5-19(15-21)8-14-33-13-4-9-26(27,28)18-33/h3,5-6,11,15,31H,2,4,8-9,12-14,18H2,1H3,(H,32,35). The maximum Gasteiger partial charge on any atom is 0.277 e. The van der Waals surface area contributed by atoms with Crippen LogP contribution in [-0.4, -0.2) is 47.5 Å². The van der Waals surface area contributed by atoms with Crippen LogP contribution in [0.3, 0.4) is 0 Å². The molecule has 8 nitrogen and oxygen atoms in total. The number of hydrogen-bond donors (Lipinski definition) is 2. The predicted octanol–water partition coefficient (Wildman–Crippen LogP) is 1.68. The minimum absolute atomic E-state index is 0.0493. The fraction of sp³-hybridized carbons (Fsp3) is 0.385. The third kappa shape index (κ3) is 7.75. The first-order valence-corrected chi connectivity index (χ1v) is 12.5. The predicted molar refractivity (Wildman–Crippen MR) is 137 cm³/mol. The van der Waals surface area contributed by atoms with Gasteiger partial charge in [0.25, 0.3) is 17.4 Å². The van der Waals surface area contributed by atoms with E-state index in [4.69, 9.17) is 5.26 Å². The number of thiazole rings is 1. The maximum absolute atomic E-state index is 13.6. The molecule has 2 heterocycles. The topological polar surface area (TPSA) is 114 Å². The molecule has 0 bridgehead atoms. The summed E-state index contributed by atoms with van der Waals surface area (Å²) >= 11 is 1.03. The highest BCUT2D eigenvalue weighted by molar-refractivity contribution is 7.07. The highest BCUT2D eigenvalue weighted by Crippen LogP contribution is 2.26. The van der Waals surface area contributed by atoms with Crippen LogP contribution in [0.4, 0.5) is 14.5 Å². The second-order valence-electron chi connectivity index (χ2n) is 8.36. The summed E-state index contributed by atoms with van der Waals surface area (Å²) in [6.45, 7) is 2.84. The number of likely N-dealkylation sites (tertiary alicyclic amines) is 1. The molecule has 192 valence electrons. The van der Waals surface area contributed by atoms with E-state index in [1.54, 1.807) is 24.0 Å². The number of piperidine rings is 1. The fourth-order valence-corrected chi connectivity index (χ4v) is 4.84. The largest absolute Gasteiger partial charge is 0.355 e. The van der Waals surface area contributed by atoms with Crippen molar-refractivity contribution in [3.05, 3.63) is 61.2 Å². The zero-order valence-corrected chi connectivity index (χ0v) is 21.1. The quantitative estimate of drug-likeness (QED) is 0.309. The van der Waals surface area contributed by atoms with Crippen LogP contribution in [-0.2, 0) is 17.8 Å². The maximum atomic E-state index is 13.6. The van der Waals surface area contributed by atoms with Crippen molar-refractivity contribution in [2.75, 3.05) is 31.5 Å². The first kappa shape index (κ1) is 27.6. The molecule has 1 aliphatic rings. The number of amides is 1. The van der Waals surface area contributed by atoms with E-state index in [2.05, 4.69) is 22.1 Å². The molecule has 1 aromatic heterocycles. The molecule has 0 radical (unpaired) electrons. The summed E-state index contributed by atoms with van der Waals surface area (Å²) < 4.78 is 29.2. The van der Waals surface area contributed by atoms with E-state index in [1.807, 2.05) is 24.3 Å². The lowest BCUT2D eigenvalue weighted by atomic mass is 10.1. The average Bonchev–Trinajstić information content (AvgIpc) is 3.18. The third-order valence-electron chi connectivity index (χ3n) is 5.66. The van der Waals surface area contributed by atoms with E-state index >= 15 is 0 Å². The van der Waals surface area contributed by atoms with Crippen molar-refractivity contribution in [1.29, 1.82) is 10.5 Å². The Labute approximate surface area is 216 Å². The van der Waals surface area contributed by atoms with Crippen LogP contribution in [0.25, 0.3) is 11.5 Å². The van der Waals surface area contributed by atoms with Crippen LogP contribution < -0.4 is 25.4 Å². The molecule has 0 atom stereocenters. The average molecular weight is 525 g/mol. The van der Waals surface area contributed by atoms with Crippen molar-refractivity contribution >= 4 is 34.4 Å². The highest BCUT2D eigenvalue weighted by Gasteiger charge is 2.34. The Morgan fingerprint density at radius 3 is 2.84 bits per heavy atom. The molecule has 1 aromatic carbocycles. The van der Waals surface area contributed by atoms with Gasteiger partial charge >= 0.3 is 0 Å². The van der Waals surface area contributed by atoms with Gasteiger partial charge < -0.3 is 10.6 Å². The van der Waals surface area contributed by atoms with E-state index in [0.717, 1.165) is 22.6 Å². The number of hydrogen-bond acceptors (Lipinski definition) is 7. The number of rotatable bonds is 8. The van der Waals surface area contributed by atoms with Crippen LogP contribution in [0.2, 0.25) is 0 Å². The van der Waals surface area contributed by atoms with Crippen LogP contribution >= 0.6 is 11.3 Å². The van der Waals surface area contributed by atoms with E-state index in [1.165, 1.54) is 10.8 Å². The van der Waals surface area contributed by atoms with Gasteiger partial charge in [0.15, 0.2) is 5.57 Å². The summed E-state index contributed by atoms with van der Waals surface area (Å²) in [4.78, 5) is 26.5. The molecular weight excluding hydrogens is 498 g/mol. The van der Waals surface area contributed by atoms with Crippen LogP contribution in [0, 0.1) is 22.7 Å².